The molecule has 1 unspecified atom stereocenters. The van der Waals surface area contributed by atoms with Crippen molar-refractivity contribution in [3.05, 3.63) is 352 Å². The van der Waals surface area contributed by atoms with E-state index in [1.807, 2.05) is 0 Å². The molecule has 0 fully saturated rings. The van der Waals surface area contributed by atoms with E-state index in [1.54, 1.807) is 0 Å². The van der Waals surface area contributed by atoms with Crippen LogP contribution in [0.1, 0.15) is 83.2 Å². The van der Waals surface area contributed by atoms with Crippen LogP contribution in [0.2, 0.25) is 0 Å². The van der Waals surface area contributed by atoms with Crippen molar-refractivity contribution in [1.29, 1.82) is 0 Å². The monoisotopic (exact) mass is 910 g/mol. The summed E-state index contributed by atoms with van der Waals surface area (Å²) >= 11 is 0. The lowest BCUT2D eigenvalue weighted by atomic mass is 9.51. The quantitative estimate of drug-likeness (QED) is 0.127. The zero-order valence-electron chi connectivity index (χ0n) is 40.7. The van der Waals surface area contributed by atoms with Gasteiger partial charge in [0.05, 0.1) is 10.8 Å². The van der Waals surface area contributed by atoms with Gasteiger partial charge in [0.15, 0.2) is 0 Å². The largest absolute Gasteiger partial charge is 0.0949 e. The van der Waals surface area contributed by atoms with Crippen molar-refractivity contribution in [2.75, 3.05) is 0 Å². The fraction of sp³-hybridized carbons (Fsp3) is 0.0986. The summed E-state index contributed by atoms with van der Waals surface area (Å²) in [6.07, 6.45) is 45.2. The van der Waals surface area contributed by atoms with Crippen LogP contribution < -0.4 is 0 Å². The van der Waals surface area contributed by atoms with Crippen molar-refractivity contribution in [2.24, 2.45) is 0 Å². The molecule has 0 nitrogen and oxygen atoms in total. The van der Waals surface area contributed by atoms with Gasteiger partial charge in [0.1, 0.15) is 0 Å². The molecule has 0 aliphatic heterocycles. The third-order valence-corrected chi connectivity index (χ3v) is 15.0. The Labute approximate surface area is 421 Å². The molecule has 0 saturated carbocycles. The molecule has 5 aliphatic carbocycles. The summed E-state index contributed by atoms with van der Waals surface area (Å²) in [7, 11) is 0. The van der Waals surface area contributed by atoms with Crippen molar-refractivity contribution in [3.8, 4) is 11.1 Å². The van der Waals surface area contributed by atoms with E-state index in [0.29, 0.717) is 6.42 Å². The lowest BCUT2D eigenvalue weighted by Gasteiger charge is -2.50. The molecule has 6 aromatic carbocycles. The van der Waals surface area contributed by atoms with Gasteiger partial charge in [0, 0.05) is 0 Å². The Kier molecular flexibility index (Phi) is 12.5. The highest BCUT2D eigenvalue weighted by molar-refractivity contribution is 5.91. The molecular weight excluding hydrogens is 853 g/mol. The number of hydrogen-bond acceptors (Lipinski definition) is 0. The van der Waals surface area contributed by atoms with Crippen LogP contribution in [0.4, 0.5) is 0 Å². The molecule has 0 aromatic heterocycles. The highest BCUT2D eigenvalue weighted by Gasteiger charge is 2.58. The lowest BCUT2D eigenvalue weighted by molar-refractivity contribution is 0.624. The minimum Gasteiger partial charge on any atom is -0.0949 e. The average molecular weight is 911 g/mol. The number of allylic oxidation sites excluding steroid dienone is 27. The third kappa shape index (κ3) is 7.91. The molecule has 0 heterocycles. The van der Waals surface area contributed by atoms with Crippen LogP contribution in [0.15, 0.2) is 302 Å². The zero-order valence-corrected chi connectivity index (χ0v) is 40.7. The van der Waals surface area contributed by atoms with E-state index in [0.717, 1.165) is 40.7 Å². The maximum Gasteiger partial charge on any atom is 0.0720 e. The standard InChI is InChI=1S/C71H58/c1-4-5-10-36-60-49-59-35-19-22-39-63(59)70(60)66-42-25-26-43-67(66)71(64-40-23-20-37-61(64)62-38-21-24-41-65(62)71)69-50-57(46-47-68(69)70)51(2)44-45-58(48-52(3)53-27-13-8-14-28-53)56-32-12-7-6-11-29-55(33-17-18-34-56)54-30-15-9-16-31-54/h4-18,20-34,36-43,45-50H,2,19,35,44H2,1,3H3/b5-4-,7-6+,11-6?,12-7?,18-17+,29-11-,32-12-,33-17?,34-18?,36-10-,52-48+,55-29?,55-33+,56-32?,56-34+,58-45-. The Bertz CT molecular complexity index is 3450. The molecule has 0 amide bonds. The summed E-state index contributed by atoms with van der Waals surface area (Å²) in [6.45, 7) is 9.22. The van der Waals surface area contributed by atoms with E-state index < -0.39 is 10.8 Å². The van der Waals surface area contributed by atoms with E-state index in [9.17, 15) is 0 Å². The predicted molar refractivity (Wildman–Crippen MR) is 303 cm³/mol. The van der Waals surface area contributed by atoms with Gasteiger partial charge in [-0.1, -0.05) is 268 Å². The van der Waals surface area contributed by atoms with Gasteiger partial charge in [0.25, 0.3) is 0 Å². The first-order chi connectivity index (χ1) is 35.0. The van der Waals surface area contributed by atoms with Crippen molar-refractivity contribution < 1.29 is 0 Å². The van der Waals surface area contributed by atoms with Gasteiger partial charge < -0.3 is 0 Å². The van der Waals surface area contributed by atoms with E-state index in [-0.39, 0.29) is 0 Å². The molecule has 342 valence electrons. The molecule has 0 heteroatoms. The number of benzene rings is 6. The van der Waals surface area contributed by atoms with Crippen molar-refractivity contribution >= 4 is 16.7 Å². The molecule has 0 radical (unpaired) electrons. The maximum atomic E-state index is 4.92. The van der Waals surface area contributed by atoms with Crippen molar-refractivity contribution in [2.45, 2.75) is 43.9 Å². The summed E-state index contributed by atoms with van der Waals surface area (Å²) in [5, 5.41) is 0. The summed E-state index contributed by atoms with van der Waals surface area (Å²) in [5.74, 6) is 0. The Morgan fingerprint density at radius 2 is 1.21 bits per heavy atom. The minimum atomic E-state index is -0.551. The summed E-state index contributed by atoms with van der Waals surface area (Å²) in [5.41, 5.74) is 23.0. The maximum absolute atomic E-state index is 4.92. The molecule has 71 heavy (non-hydrogen) atoms. The van der Waals surface area contributed by atoms with Gasteiger partial charge in [-0.15, -0.1) is 0 Å². The van der Waals surface area contributed by atoms with Crippen LogP contribution in [0.5, 0.6) is 0 Å². The first-order valence-electron chi connectivity index (χ1n) is 25.2. The Morgan fingerprint density at radius 3 is 1.94 bits per heavy atom. The first-order valence-corrected chi connectivity index (χ1v) is 25.2. The van der Waals surface area contributed by atoms with E-state index >= 15 is 0 Å². The minimum absolute atomic E-state index is 0.498. The average Bonchev–Trinajstić information content (AvgIpc) is 3.90. The lowest BCUT2D eigenvalue weighted by Crippen LogP contribution is -2.44. The summed E-state index contributed by atoms with van der Waals surface area (Å²) in [6, 6.07) is 56.3. The van der Waals surface area contributed by atoms with E-state index in [2.05, 4.69) is 281 Å². The third-order valence-electron chi connectivity index (χ3n) is 15.0. The van der Waals surface area contributed by atoms with Gasteiger partial charge in [-0.2, -0.15) is 0 Å². The Balaban J connectivity index is 1.08. The first kappa shape index (κ1) is 45.1. The molecule has 0 N–H and O–H groups in total. The second-order valence-electron chi connectivity index (χ2n) is 19.0. The highest BCUT2D eigenvalue weighted by Crippen LogP contribution is 2.66. The topological polar surface area (TPSA) is 0 Å². The zero-order chi connectivity index (χ0) is 48.2. The number of rotatable bonds is 9. The molecule has 1 atom stereocenters. The molecule has 2 spiro atoms. The highest BCUT2D eigenvalue weighted by atomic mass is 14.6. The molecule has 11 rings (SSSR count). The van der Waals surface area contributed by atoms with Gasteiger partial charge in [-0.25, -0.2) is 0 Å². The SMILES string of the molecule is C=C(C\C=C(\C=C(/C)c1ccccc1)C1=C/C=C/C=C(c2ccccc2)\C=C/C=C/C=C\1)c1ccc2c(c1)C1(c3ccccc3-c3ccccc31)c1ccccc1C21C(/C=C\C=C/C)=CC2=C1C=CCC2. The fourth-order valence-electron chi connectivity index (χ4n) is 11.9. The summed E-state index contributed by atoms with van der Waals surface area (Å²) < 4.78 is 0. The smallest absolute Gasteiger partial charge is 0.0720 e. The normalized spacial score (nSPS) is 22.0. The predicted octanol–water partition coefficient (Wildman–Crippen LogP) is 18.0. The second kappa shape index (κ2) is 19.6. The van der Waals surface area contributed by atoms with Crippen LogP contribution in [0, 0.1) is 0 Å². The van der Waals surface area contributed by atoms with Gasteiger partial charge in [0.2, 0.25) is 0 Å². The Morgan fingerprint density at radius 1 is 0.577 bits per heavy atom. The van der Waals surface area contributed by atoms with Crippen LogP contribution in [-0.4, -0.2) is 0 Å². The number of fused-ring (bicyclic) bond motifs is 12. The van der Waals surface area contributed by atoms with E-state index in [1.165, 1.54) is 77.9 Å². The fourth-order valence-corrected chi connectivity index (χ4v) is 11.9. The number of hydrogen-bond donors (Lipinski definition) is 0. The van der Waals surface area contributed by atoms with Crippen LogP contribution in [0.25, 0.3) is 27.8 Å². The van der Waals surface area contributed by atoms with Gasteiger partial charge in [-0.3, -0.25) is 0 Å². The molecule has 6 aromatic rings. The molecule has 0 saturated heterocycles. The van der Waals surface area contributed by atoms with Gasteiger partial charge in [-0.05, 0) is 145 Å². The van der Waals surface area contributed by atoms with Crippen LogP contribution in [0.3, 0.4) is 0 Å². The molecular formula is C71H58. The molecule has 5 aliphatic rings. The van der Waals surface area contributed by atoms with Crippen molar-refractivity contribution in [3.63, 3.8) is 0 Å². The van der Waals surface area contributed by atoms with Crippen LogP contribution in [-0.2, 0) is 10.8 Å². The van der Waals surface area contributed by atoms with Crippen LogP contribution >= 0.6 is 0 Å². The molecule has 0 bridgehead atoms. The van der Waals surface area contributed by atoms with Gasteiger partial charge >= 0.3 is 0 Å². The summed E-state index contributed by atoms with van der Waals surface area (Å²) in [4.78, 5) is 0. The van der Waals surface area contributed by atoms with E-state index in [4.69, 9.17) is 6.58 Å². The Hall–Kier alpha value is -8.32. The van der Waals surface area contributed by atoms with Crippen molar-refractivity contribution in [1.82, 2.24) is 0 Å². The second-order valence-corrected chi connectivity index (χ2v) is 19.0.